The molecule has 82 valence electrons. The lowest BCUT2D eigenvalue weighted by Gasteiger charge is -2.11. The number of carbonyl (C=O) groups is 1. The summed E-state index contributed by atoms with van der Waals surface area (Å²) in [7, 11) is 0. The number of benzene rings is 1. The Hall–Kier alpha value is -1.53. The molecule has 0 aliphatic heterocycles. The fraction of sp³-hybridized carbons (Fsp3) is 0.222. The van der Waals surface area contributed by atoms with Crippen LogP contribution in [-0.2, 0) is 4.79 Å². The predicted octanol–water partition coefficient (Wildman–Crippen LogP) is 0.345. The molecule has 0 aliphatic carbocycles. The van der Waals surface area contributed by atoms with Gasteiger partial charge >= 0.3 is 0 Å². The highest BCUT2D eigenvalue weighted by atomic mass is 19.1. The van der Waals surface area contributed by atoms with Crippen LogP contribution >= 0.6 is 0 Å². The summed E-state index contributed by atoms with van der Waals surface area (Å²) in [6, 6.07) is 2.17. The molecule has 1 unspecified atom stereocenters. The van der Waals surface area contributed by atoms with Gasteiger partial charge < -0.3 is 5.73 Å². The molecule has 4 nitrogen and oxygen atoms in total. The van der Waals surface area contributed by atoms with E-state index >= 15 is 0 Å². The fourth-order valence-electron chi connectivity index (χ4n) is 1.17. The maximum Gasteiger partial charge on any atom is 0.235 e. The molecule has 1 atom stereocenters. The van der Waals surface area contributed by atoms with Crippen molar-refractivity contribution in [3.8, 4) is 0 Å². The van der Waals surface area contributed by atoms with Crippen molar-refractivity contribution in [2.75, 3.05) is 0 Å². The molecule has 1 rings (SSSR count). The van der Waals surface area contributed by atoms with Crippen LogP contribution in [0.3, 0.4) is 0 Å². The van der Waals surface area contributed by atoms with Gasteiger partial charge in [-0.2, -0.15) is 0 Å². The molecule has 5 N–H and O–H groups in total. The summed E-state index contributed by atoms with van der Waals surface area (Å²) in [6.07, 6.45) is -0.154. The van der Waals surface area contributed by atoms with Crippen LogP contribution in [-0.4, -0.2) is 5.91 Å². The number of nitrogens with one attached hydrogen (secondary N) is 1. The number of hydrogen-bond donors (Lipinski definition) is 3. The minimum Gasteiger partial charge on any atom is -0.323 e. The van der Waals surface area contributed by atoms with Gasteiger partial charge in [-0.05, 0) is 6.07 Å². The third-order valence-corrected chi connectivity index (χ3v) is 1.93. The van der Waals surface area contributed by atoms with Crippen molar-refractivity contribution in [3.63, 3.8) is 0 Å². The van der Waals surface area contributed by atoms with Crippen LogP contribution in [0.2, 0.25) is 0 Å². The van der Waals surface area contributed by atoms with Gasteiger partial charge in [0.05, 0.1) is 0 Å². The molecule has 0 bridgehead atoms. The van der Waals surface area contributed by atoms with Crippen LogP contribution in [0.1, 0.15) is 18.0 Å². The van der Waals surface area contributed by atoms with E-state index in [4.69, 9.17) is 11.6 Å². The van der Waals surface area contributed by atoms with Gasteiger partial charge in [0.15, 0.2) is 0 Å². The molecule has 1 aromatic carbocycles. The maximum atomic E-state index is 13.2. The van der Waals surface area contributed by atoms with Gasteiger partial charge in [0.1, 0.15) is 11.6 Å². The molecule has 0 fully saturated rings. The van der Waals surface area contributed by atoms with E-state index in [1.54, 1.807) is 0 Å². The molecule has 1 amide bonds. The Morgan fingerprint density at radius 2 is 2.13 bits per heavy atom. The van der Waals surface area contributed by atoms with Gasteiger partial charge in [-0.1, -0.05) is 6.07 Å². The quantitative estimate of drug-likeness (QED) is 0.386. The van der Waals surface area contributed by atoms with Crippen molar-refractivity contribution in [2.24, 2.45) is 11.6 Å². The number of carbonyl (C=O) groups excluding carboxylic acids is 1. The maximum absolute atomic E-state index is 13.2. The number of hydrogen-bond acceptors (Lipinski definition) is 3. The molecule has 0 heterocycles. The first-order valence-corrected chi connectivity index (χ1v) is 4.24. The molecule has 1 aromatic rings. The molecule has 0 radical (unpaired) electrons. The average molecular weight is 215 g/mol. The average Bonchev–Trinajstić information content (AvgIpc) is 2.17. The van der Waals surface area contributed by atoms with Gasteiger partial charge in [0.25, 0.3) is 0 Å². The number of rotatable bonds is 3. The Morgan fingerprint density at radius 3 is 2.67 bits per heavy atom. The fourth-order valence-corrected chi connectivity index (χ4v) is 1.17. The Kier molecular flexibility index (Phi) is 3.70. The van der Waals surface area contributed by atoms with Crippen molar-refractivity contribution in [3.05, 3.63) is 35.4 Å². The zero-order chi connectivity index (χ0) is 11.4. The van der Waals surface area contributed by atoms with E-state index in [9.17, 15) is 13.6 Å². The highest BCUT2D eigenvalue weighted by molar-refractivity contribution is 5.76. The zero-order valence-electron chi connectivity index (χ0n) is 7.84. The summed E-state index contributed by atoms with van der Waals surface area (Å²) < 4.78 is 25.7. The van der Waals surface area contributed by atoms with Crippen LogP contribution in [0.4, 0.5) is 8.78 Å². The van der Waals surface area contributed by atoms with Gasteiger partial charge in [-0.25, -0.2) is 14.6 Å². The van der Waals surface area contributed by atoms with Gasteiger partial charge in [-0.15, -0.1) is 0 Å². The first-order chi connectivity index (χ1) is 7.04. The van der Waals surface area contributed by atoms with E-state index < -0.39 is 23.6 Å². The van der Waals surface area contributed by atoms with E-state index in [-0.39, 0.29) is 12.0 Å². The van der Waals surface area contributed by atoms with Crippen LogP contribution in [0.5, 0.6) is 0 Å². The second-order valence-corrected chi connectivity index (χ2v) is 3.04. The van der Waals surface area contributed by atoms with Crippen LogP contribution in [0.25, 0.3) is 0 Å². The second kappa shape index (κ2) is 4.81. The molecule has 0 aromatic heterocycles. The van der Waals surface area contributed by atoms with E-state index in [1.165, 1.54) is 6.07 Å². The summed E-state index contributed by atoms with van der Waals surface area (Å²) in [5, 5.41) is 0. The molecule has 0 saturated carbocycles. The normalized spacial score (nSPS) is 12.3. The molecule has 0 aliphatic rings. The Labute approximate surface area is 85.2 Å². The van der Waals surface area contributed by atoms with E-state index in [0.29, 0.717) is 0 Å². The Bertz CT molecular complexity index is 370. The SMILES string of the molecule is NNC(=O)CC(N)c1ccc(F)cc1F. The van der Waals surface area contributed by atoms with Crippen molar-refractivity contribution >= 4 is 5.91 Å². The van der Waals surface area contributed by atoms with Gasteiger partial charge in [0.2, 0.25) is 5.91 Å². The van der Waals surface area contributed by atoms with Gasteiger partial charge in [0, 0.05) is 24.1 Å². The summed E-state index contributed by atoms with van der Waals surface area (Å²) in [5.74, 6) is 2.88. The highest BCUT2D eigenvalue weighted by Gasteiger charge is 2.15. The van der Waals surface area contributed by atoms with Gasteiger partial charge in [-0.3, -0.25) is 10.2 Å². The lowest BCUT2D eigenvalue weighted by Crippen LogP contribution is -2.32. The van der Waals surface area contributed by atoms with E-state index in [0.717, 1.165) is 12.1 Å². The van der Waals surface area contributed by atoms with Crippen molar-refractivity contribution in [1.82, 2.24) is 5.43 Å². The van der Waals surface area contributed by atoms with E-state index in [2.05, 4.69) is 0 Å². The minimum absolute atomic E-state index is 0.0833. The summed E-state index contributed by atoms with van der Waals surface area (Å²) >= 11 is 0. The first kappa shape index (κ1) is 11.5. The molecular formula is C9H11F2N3O. The molecule has 0 saturated heterocycles. The summed E-state index contributed by atoms with van der Waals surface area (Å²) in [6.45, 7) is 0. The minimum atomic E-state index is -0.839. The molecule has 6 heteroatoms. The van der Waals surface area contributed by atoms with Crippen LogP contribution < -0.4 is 17.0 Å². The third-order valence-electron chi connectivity index (χ3n) is 1.93. The monoisotopic (exact) mass is 215 g/mol. The summed E-state index contributed by atoms with van der Waals surface area (Å²) in [4.78, 5) is 10.9. The number of amides is 1. The molecule has 0 spiro atoms. The van der Waals surface area contributed by atoms with Crippen LogP contribution in [0, 0.1) is 11.6 Å². The Balaban J connectivity index is 2.82. The van der Waals surface area contributed by atoms with Crippen molar-refractivity contribution < 1.29 is 13.6 Å². The van der Waals surface area contributed by atoms with Crippen molar-refractivity contribution in [1.29, 1.82) is 0 Å². The predicted molar refractivity (Wildman–Crippen MR) is 50.2 cm³/mol. The Morgan fingerprint density at radius 1 is 1.47 bits per heavy atom. The zero-order valence-corrected chi connectivity index (χ0v) is 7.84. The molecule has 15 heavy (non-hydrogen) atoms. The number of hydrazine groups is 1. The van der Waals surface area contributed by atoms with Crippen molar-refractivity contribution in [2.45, 2.75) is 12.5 Å². The standard InChI is InChI=1S/C9H11F2N3O/c10-5-1-2-6(7(11)3-5)8(12)4-9(15)14-13/h1-3,8H,4,12-13H2,(H,14,15). The molecular weight excluding hydrogens is 204 g/mol. The number of halogens is 2. The lowest BCUT2D eigenvalue weighted by atomic mass is 10.0. The third kappa shape index (κ3) is 2.97. The summed E-state index contributed by atoms with van der Waals surface area (Å²) in [5.41, 5.74) is 7.51. The first-order valence-electron chi connectivity index (χ1n) is 4.24. The number of nitrogens with two attached hydrogens (primary N) is 2. The van der Waals surface area contributed by atoms with Crippen LogP contribution in [0.15, 0.2) is 18.2 Å². The van der Waals surface area contributed by atoms with E-state index in [1.807, 2.05) is 5.43 Å². The smallest absolute Gasteiger partial charge is 0.235 e. The second-order valence-electron chi connectivity index (χ2n) is 3.04. The largest absolute Gasteiger partial charge is 0.323 e. The lowest BCUT2D eigenvalue weighted by molar-refractivity contribution is -0.121. The highest BCUT2D eigenvalue weighted by Crippen LogP contribution is 2.18. The topological polar surface area (TPSA) is 81.1 Å².